The number of likely N-dealkylation sites (N-methyl/N-ethyl adjacent to an activating group) is 2. The number of ether oxygens (including phenoxy) is 6. The molecular formula is C62H80Cl4N8O13S2. The number of benzene rings is 5. The summed E-state index contributed by atoms with van der Waals surface area (Å²) in [7, 11) is -3.75. The lowest BCUT2D eigenvalue weighted by Gasteiger charge is -2.34. The molecule has 2 aliphatic heterocycles. The molecule has 7 rings (SSSR count). The summed E-state index contributed by atoms with van der Waals surface area (Å²) in [5.74, 6) is -1.50. The molecular weight excluding hydrogens is 1270 g/mol. The van der Waals surface area contributed by atoms with E-state index in [0.717, 1.165) is 33.4 Å². The summed E-state index contributed by atoms with van der Waals surface area (Å²) >= 11 is 25.9. The SMILES string of the molecule is CN1Cc2c(Cl)cc(Cl)cc2[C@H](c2cccc(S(=O)(=O)NCCOCCOCCOCCC(CCOCCOCCOCCNS(=O)(=O)c3cccc([C@@H]4CN(C)Cc5c(Cl)cc(Cl)cc54)c3)(CC(CCC(N)=O)NC(=O)Nc3ccccc3)C(N)=O)c2)C1. The Kier molecular flexibility index (Phi) is 28.2. The molecule has 4 amide bonds. The van der Waals surface area contributed by atoms with Crippen molar-refractivity contribution in [1.29, 1.82) is 0 Å². The highest BCUT2D eigenvalue weighted by atomic mass is 35.5. The van der Waals surface area contributed by atoms with E-state index < -0.39 is 49.3 Å². The lowest BCUT2D eigenvalue weighted by atomic mass is 9.74. The zero-order valence-corrected chi connectivity index (χ0v) is 54.7. The van der Waals surface area contributed by atoms with Gasteiger partial charge in [0.05, 0.1) is 81.3 Å². The summed E-state index contributed by atoms with van der Waals surface area (Å²) < 4.78 is 93.1. The number of sulfonamides is 2. The molecule has 0 fully saturated rings. The normalized spacial score (nSPS) is 15.9. The van der Waals surface area contributed by atoms with E-state index in [2.05, 4.69) is 29.9 Å². The maximum Gasteiger partial charge on any atom is 0.319 e. The van der Waals surface area contributed by atoms with Crippen molar-refractivity contribution in [3.05, 3.63) is 157 Å². The number of nitrogens with two attached hydrogens (primary N) is 2. The van der Waals surface area contributed by atoms with Crippen molar-refractivity contribution in [1.82, 2.24) is 24.6 Å². The van der Waals surface area contributed by atoms with Gasteiger partial charge in [0.2, 0.25) is 31.9 Å². The highest BCUT2D eigenvalue weighted by Crippen LogP contribution is 2.41. The molecule has 0 saturated carbocycles. The first kappa shape index (κ1) is 71.4. The first-order valence-corrected chi connectivity index (χ1v) is 33.8. The number of hydrogen-bond donors (Lipinski definition) is 6. The molecule has 2 heterocycles. The van der Waals surface area contributed by atoms with Crippen molar-refractivity contribution in [3.8, 4) is 0 Å². The van der Waals surface area contributed by atoms with Gasteiger partial charge in [-0.2, -0.15) is 0 Å². The van der Waals surface area contributed by atoms with E-state index in [4.69, 9.17) is 86.3 Å². The standard InChI is InChI=1S/C62H80Cl4N8O13S2/c1-73-39-53(51-34-45(63)36-57(65)55(51)41-73)43-8-6-12-49(32-43)88(78,79)69-18-22-84-26-30-86-28-24-82-20-16-62(60(68)76,38-48(14-15-59(67)75)72-61(77)71-47-10-4-3-5-11-47)17-21-83-25-29-87-31-27-85-23-19-70-89(80,81)50-13-7-9-44(33-50)54-40-74(2)42-56-52(54)35-46(64)37-58(56)66/h3-13,32-37,48,53-54,69-70H,14-31,38-42H2,1-2H3,(H2,67,75)(H2,68,76)(H2,71,72,77)/t48?,53-,54-/m0/s1. The fourth-order valence-corrected chi connectivity index (χ4v) is 14.2. The van der Waals surface area contributed by atoms with Gasteiger partial charge >= 0.3 is 6.03 Å². The molecule has 27 heteroatoms. The van der Waals surface area contributed by atoms with Crippen LogP contribution in [0.1, 0.15) is 77.3 Å². The third-order valence-corrected chi connectivity index (χ3v) is 19.4. The van der Waals surface area contributed by atoms with Gasteiger partial charge < -0.3 is 60.3 Å². The van der Waals surface area contributed by atoms with Gasteiger partial charge in [0, 0.05) is 103 Å². The quantitative estimate of drug-likeness (QED) is 0.0205. The number of primary amides is 2. The number of anilines is 1. The van der Waals surface area contributed by atoms with Gasteiger partial charge in [-0.3, -0.25) is 9.59 Å². The van der Waals surface area contributed by atoms with E-state index >= 15 is 0 Å². The van der Waals surface area contributed by atoms with Gasteiger partial charge in [0.1, 0.15) is 0 Å². The van der Waals surface area contributed by atoms with Crippen molar-refractivity contribution in [3.63, 3.8) is 0 Å². The first-order valence-electron chi connectivity index (χ1n) is 29.3. The predicted molar refractivity (Wildman–Crippen MR) is 344 cm³/mol. The molecule has 0 aliphatic carbocycles. The zero-order valence-electron chi connectivity index (χ0n) is 50.0. The van der Waals surface area contributed by atoms with E-state index in [1.54, 1.807) is 72.8 Å². The van der Waals surface area contributed by atoms with Crippen LogP contribution in [0.3, 0.4) is 0 Å². The Morgan fingerprint density at radius 2 is 1.00 bits per heavy atom. The molecule has 0 saturated heterocycles. The lowest BCUT2D eigenvalue weighted by Crippen LogP contribution is -2.47. The number of fused-ring (bicyclic) bond motifs is 2. The van der Waals surface area contributed by atoms with Crippen molar-refractivity contribution in [2.24, 2.45) is 16.9 Å². The average Bonchev–Trinajstić information content (AvgIpc) is 1.28. The molecule has 89 heavy (non-hydrogen) atoms. The van der Waals surface area contributed by atoms with Crippen molar-refractivity contribution in [2.75, 3.05) is 125 Å². The number of para-hydroxylation sites is 1. The fourth-order valence-electron chi connectivity index (χ4n) is 10.9. The number of hydrogen-bond acceptors (Lipinski definition) is 15. The molecule has 0 aromatic heterocycles. The minimum atomic E-state index is -3.86. The van der Waals surface area contributed by atoms with Crippen LogP contribution < -0.4 is 31.5 Å². The molecule has 5 aromatic carbocycles. The van der Waals surface area contributed by atoms with Crippen LogP contribution in [0.2, 0.25) is 20.1 Å². The molecule has 3 atom stereocenters. The van der Waals surface area contributed by atoms with E-state index in [1.807, 2.05) is 44.4 Å². The second kappa shape index (κ2) is 35.1. The minimum absolute atomic E-state index is 0.0305. The van der Waals surface area contributed by atoms with E-state index in [-0.39, 0.29) is 146 Å². The van der Waals surface area contributed by atoms with Crippen molar-refractivity contribution >= 4 is 90.0 Å². The number of amides is 4. The first-order chi connectivity index (χ1) is 42.6. The Morgan fingerprint density at radius 3 is 1.43 bits per heavy atom. The van der Waals surface area contributed by atoms with Gasteiger partial charge in [-0.25, -0.2) is 31.1 Å². The summed E-state index contributed by atoms with van der Waals surface area (Å²) in [5.41, 5.74) is 16.5. The lowest BCUT2D eigenvalue weighted by molar-refractivity contribution is -0.131. The van der Waals surface area contributed by atoms with Crippen LogP contribution in [0.15, 0.2) is 113 Å². The maximum atomic E-state index is 13.6. The fraction of sp³-hybridized carbons (Fsp3) is 0.468. The Labute approximate surface area is 542 Å². The smallest absolute Gasteiger partial charge is 0.319 e. The van der Waals surface area contributed by atoms with Crippen LogP contribution in [0.4, 0.5) is 10.5 Å². The van der Waals surface area contributed by atoms with Gasteiger partial charge in [0.25, 0.3) is 0 Å². The molecule has 0 bridgehead atoms. The Bertz CT molecular complexity index is 3210. The third-order valence-electron chi connectivity index (χ3n) is 15.4. The number of rotatable bonds is 38. The van der Waals surface area contributed by atoms with Crippen LogP contribution in [0.25, 0.3) is 0 Å². The number of halogens is 4. The van der Waals surface area contributed by atoms with Gasteiger partial charge in [-0.15, -0.1) is 0 Å². The summed E-state index contributed by atoms with van der Waals surface area (Å²) in [6, 6.07) is 28.4. The highest BCUT2D eigenvalue weighted by Gasteiger charge is 2.39. The maximum absolute atomic E-state index is 13.6. The average molecular weight is 1350 g/mol. The molecule has 5 aromatic rings. The minimum Gasteiger partial charge on any atom is -0.379 e. The molecule has 486 valence electrons. The third kappa shape index (κ3) is 22.1. The highest BCUT2D eigenvalue weighted by molar-refractivity contribution is 7.89. The number of carbonyl (C=O) groups excluding carboxylic acids is 3. The summed E-state index contributed by atoms with van der Waals surface area (Å²) in [4.78, 5) is 43.3. The van der Waals surface area contributed by atoms with Crippen LogP contribution in [-0.4, -0.2) is 170 Å². The summed E-state index contributed by atoms with van der Waals surface area (Å²) in [6.45, 7) is 4.50. The molecule has 8 N–H and O–H groups in total. The van der Waals surface area contributed by atoms with Crippen LogP contribution in [-0.2, 0) is 71.1 Å². The van der Waals surface area contributed by atoms with Crippen LogP contribution >= 0.6 is 46.4 Å². The molecule has 21 nitrogen and oxygen atoms in total. The second-order valence-electron chi connectivity index (χ2n) is 22.0. The van der Waals surface area contributed by atoms with E-state index in [1.165, 1.54) is 0 Å². The van der Waals surface area contributed by atoms with E-state index in [9.17, 15) is 31.2 Å². The topological polar surface area (TPSA) is 282 Å². The van der Waals surface area contributed by atoms with Gasteiger partial charge in [0.15, 0.2) is 0 Å². The predicted octanol–water partition coefficient (Wildman–Crippen LogP) is 7.91. The molecule has 2 aliphatic rings. The van der Waals surface area contributed by atoms with Crippen molar-refractivity contribution in [2.45, 2.75) is 72.9 Å². The Hall–Kier alpha value is -5.03. The molecule has 0 radical (unpaired) electrons. The van der Waals surface area contributed by atoms with Crippen molar-refractivity contribution < 1.29 is 59.6 Å². The number of carbonyl (C=O) groups is 3. The van der Waals surface area contributed by atoms with Crippen LogP contribution in [0.5, 0.6) is 0 Å². The number of urea groups is 1. The molecule has 1 unspecified atom stereocenters. The number of nitrogens with one attached hydrogen (secondary N) is 4. The largest absolute Gasteiger partial charge is 0.379 e. The van der Waals surface area contributed by atoms with Crippen LogP contribution in [0, 0.1) is 5.41 Å². The summed E-state index contributed by atoms with van der Waals surface area (Å²) in [6.07, 6.45) is 0.360. The summed E-state index contributed by atoms with van der Waals surface area (Å²) in [5, 5.41) is 7.85. The molecule has 0 spiro atoms. The Balaban J connectivity index is 0.814. The zero-order chi connectivity index (χ0) is 64.0. The second-order valence-corrected chi connectivity index (χ2v) is 27.3. The van der Waals surface area contributed by atoms with Gasteiger partial charge in [-0.1, -0.05) is 88.9 Å². The monoisotopic (exact) mass is 1350 g/mol. The Morgan fingerprint density at radius 1 is 0.573 bits per heavy atom. The van der Waals surface area contributed by atoms with Gasteiger partial charge in [-0.05, 0) is 134 Å². The van der Waals surface area contributed by atoms with E-state index in [0.29, 0.717) is 52.0 Å². The number of nitrogens with zero attached hydrogens (tertiary/aromatic N) is 2.